The van der Waals surface area contributed by atoms with Crippen LogP contribution in [0.4, 0.5) is 0 Å². The summed E-state index contributed by atoms with van der Waals surface area (Å²) in [6.07, 6.45) is 8.16. The van der Waals surface area contributed by atoms with Crippen molar-refractivity contribution in [1.82, 2.24) is 0 Å². The van der Waals surface area contributed by atoms with Crippen LogP contribution in [0.3, 0.4) is 0 Å². The lowest BCUT2D eigenvalue weighted by Crippen LogP contribution is -1.99. The lowest BCUT2D eigenvalue weighted by atomic mass is 9.95. The minimum absolute atomic E-state index is 0.753. The van der Waals surface area contributed by atoms with Gasteiger partial charge in [-0.15, -0.1) is 6.58 Å². The standard InChI is InChI=1S/C8H11I/c1-2-7-3-5-8(9)6-4-7/h2,5,7H,1,3-4,6H2. The fourth-order valence-corrected chi connectivity index (χ4v) is 1.60. The van der Waals surface area contributed by atoms with E-state index in [-0.39, 0.29) is 0 Å². The molecule has 1 rings (SSSR count). The first kappa shape index (κ1) is 7.32. The van der Waals surface area contributed by atoms with Crippen LogP contribution >= 0.6 is 22.6 Å². The molecule has 0 nitrogen and oxygen atoms in total. The fraction of sp³-hybridized carbons (Fsp3) is 0.500. The molecule has 9 heavy (non-hydrogen) atoms. The van der Waals surface area contributed by atoms with Crippen LogP contribution < -0.4 is 0 Å². The minimum atomic E-state index is 0.753. The maximum atomic E-state index is 3.78. The van der Waals surface area contributed by atoms with Gasteiger partial charge in [0, 0.05) is 0 Å². The molecular weight excluding hydrogens is 223 g/mol. The third kappa shape index (κ3) is 2.12. The Morgan fingerprint density at radius 2 is 2.56 bits per heavy atom. The van der Waals surface area contributed by atoms with E-state index >= 15 is 0 Å². The predicted molar refractivity (Wildman–Crippen MR) is 49.6 cm³/mol. The Morgan fingerprint density at radius 3 is 3.00 bits per heavy atom. The van der Waals surface area contributed by atoms with E-state index in [9.17, 15) is 0 Å². The zero-order valence-electron chi connectivity index (χ0n) is 5.44. The van der Waals surface area contributed by atoms with E-state index < -0.39 is 0 Å². The molecule has 0 aromatic carbocycles. The van der Waals surface area contributed by atoms with Gasteiger partial charge in [-0.1, -0.05) is 12.2 Å². The van der Waals surface area contributed by atoms with Crippen LogP contribution in [-0.4, -0.2) is 0 Å². The highest BCUT2D eigenvalue weighted by atomic mass is 127. The van der Waals surface area contributed by atoms with Gasteiger partial charge in [0.05, 0.1) is 0 Å². The topological polar surface area (TPSA) is 0 Å². The number of halogens is 1. The molecule has 0 aliphatic heterocycles. The Morgan fingerprint density at radius 1 is 1.78 bits per heavy atom. The van der Waals surface area contributed by atoms with Crippen molar-refractivity contribution in [2.24, 2.45) is 5.92 Å². The van der Waals surface area contributed by atoms with Gasteiger partial charge in [0.2, 0.25) is 0 Å². The molecule has 0 heterocycles. The SMILES string of the molecule is C=CC1CC=C(I)CC1. The zero-order chi connectivity index (χ0) is 6.69. The Balaban J connectivity index is 2.45. The number of allylic oxidation sites excluding steroid dienone is 3. The van der Waals surface area contributed by atoms with Gasteiger partial charge in [-0.2, -0.15) is 0 Å². The van der Waals surface area contributed by atoms with Crippen molar-refractivity contribution in [3.63, 3.8) is 0 Å². The number of hydrogen-bond donors (Lipinski definition) is 0. The Bertz CT molecular complexity index is 136. The number of hydrogen-bond acceptors (Lipinski definition) is 0. The van der Waals surface area contributed by atoms with E-state index in [1.54, 1.807) is 0 Å². The largest absolute Gasteiger partial charge is 0.103 e. The monoisotopic (exact) mass is 234 g/mol. The van der Waals surface area contributed by atoms with Crippen molar-refractivity contribution in [2.45, 2.75) is 19.3 Å². The molecule has 0 aromatic rings. The van der Waals surface area contributed by atoms with Crippen LogP contribution in [-0.2, 0) is 0 Å². The van der Waals surface area contributed by atoms with Gasteiger partial charge in [-0.3, -0.25) is 0 Å². The summed E-state index contributed by atoms with van der Waals surface area (Å²) in [6, 6.07) is 0. The average Bonchev–Trinajstić information content (AvgIpc) is 1.90. The smallest absolute Gasteiger partial charge is 0.0133 e. The molecule has 0 amide bonds. The molecule has 50 valence electrons. The zero-order valence-corrected chi connectivity index (χ0v) is 7.60. The van der Waals surface area contributed by atoms with E-state index in [1.807, 2.05) is 0 Å². The average molecular weight is 234 g/mol. The van der Waals surface area contributed by atoms with Crippen LogP contribution in [0.5, 0.6) is 0 Å². The summed E-state index contributed by atoms with van der Waals surface area (Å²) >= 11 is 2.41. The van der Waals surface area contributed by atoms with Gasteiger partial charge in [0.25, 0.3) is 0 Å². The highest BCUT2D eigenvalue weighted by Crippen LogP contribution is 2.27. The molecule has 0 saturated heterocycles. The Labute approximate surface area is 70.2 Å². The lowest BCUT2D eigenvalue weighted by Gasteiger charge is -2.14. The van der Waals surface area contributed by atoms with E-state index in [1.165, 1.54) is 22.8 Å². The lowest BCUT2D eigenvalue weighted by molar-refractivity contribution is 0.583. The van der Waals surface area contributed by atoms with Crippen LogP contribution in [0.25, 0.3) is 0 Å². The molecule has 0 bridgehead atoms. The van der Waals surface area contributed by atoms with Gasteiger partial charge in [0.15, 0.2) is 0 Å². The van der Waals surface area contributed by atoms with Gasteiger partial charge in [-0.05, 0) is 51.4 Å². The second-order valence-electron chi connectivity index (χ2n) is 2.42. The van der Waals surface area contributed by atoms with Crippen molar-refractivity contribution in [2.75, 3.05) is 0 Å². The fourth-order valence-electron chi connectivity index (χ4n) is 1.04. The Kier molecular flexibility index (Phi) is 2.76. The summed E-state index contributed by atoms with van der Waals surface area (Å²) in [7, 11) is 0. The summed E-state index contributed by atoms with van der Waals surface area (Å²) in [5.41, 5.74) is 0. The first-order valence-electron chi connectivity index (χ1n) is 3.30. The molecule has 1 aliphatic carbocycles. The molecular formula is C8H11I. The molecule has 1 unspecified atom stereocenters. The molecule has 0 saturated carbocycles. The van der Waals surface area contributed by atoms with Crippen LogP contribution in [0.15, 0.2) is 22.3 Å². The van der Waals surface area contributed by atoms with E-state index in [0.717, 1.165) is 5.92 Å². The van der Waals surface area contributed by atoms with Crippen LogP contribution in [0, 0.1) is 5.92 Å². The second-order valence-corrected chi connectivity index (χ2v) is 3.81. The summed E-state index contributed by atoms with van der Waals surface area (Å²) < 4.78 is 1.52. The first-order valence-corrected chi connectivity index (χ1v) is 4.38. The molecule has 0 fully saturated rings. The maximum absolute atomic E-state index is 3.78. The van der Waals surface area contributed by atoms with Crippen LogP contribution in [0.2, 0.25) is 0 Å². The molecule has 0 N–H and O–H groups in total. The van der Waals surface area contributed by atoms with Crippen molar-refractivity contribution in [3.8, 4) is 0 Å². The van der Waals surface area contributed by atoms with Gasteiger partial charge < -0.3 is 0 Å². The van der Waals surface area contributed by atoms with Crippen LogP contribution in [0.1, 0.15) is 19.3 Å². The summed E-state index contributed by atoms with van der Waals surface area (Å²) in [4.78, 5) is 0. The van der Waals surface area contributed by atoms with Crippen molar-refractivity contribution < 1.29 is 0 Å². The van der Waals surface area contributed by atoms with Gasteiger partial charge in [-0.25, -0.2) is 0 Å². The molecule has 0 aromatic heterocycles. The maximum Gasteiger partial charge on any atom is -0.0133 e. The molecule has 1 heteroatoms. The molecule has 1 atom stereocenters. The highest BCUT2D eigenvalue weighted by molar-refractivity contribution is 14.1. The number of rotatable bonds is 1. The van der Waals surface area contributed by atoms with E-state index in [4.69, 9.17) is 0 Å². The third-order valence-electron chi connectivity index (χ3n) is 1.73. The third-order valence-corrected chi connectivity index (χ3v) is 2.71. The predicted octanol–water partition coefficient (Wildman–Crippen LogP) is 3.29. The normalized spacial score (nSPS) is 27.2. The first-order chi connectivity index (χ1) is 4.33. The quantitative estimate of drug-likeness (QED) is 0.482. The molecule has 1 aliphatic rings. The van der Waals surface area contributed by atoms with Crippen molar-refractivity contribution in [1.29, 1.82) is 0 Å². The minimum Gasteiger partial charge on any atom is -0.103 e. The second kappa shape index (κ2) is 3.40. The van der Waals surface area contributed by atoms with Gasteiger partial charge in [0.1, 0.15) is 0 Å². The molecule has 0 radical (unpaired) electrons. The highest BCUT2D eigenvalue weighted by Gasteiger charge is 2.08. The molecule has 0 spiro atoms. The summed E-state index contributed by atoms with van der Waals surface area (Å²) in [6.45, 7) is 3.78. The summed E-state index contributed by atoms with van der Waals surface area (Å²) in [5, 5.41) is 0. The Hall–Kier alpha value is 0.210. The van der Waals surface area contributed by atoms with Gasteiger partial charge >= 0.3 is 0 Å². The summed E-state index contributed by atoms with van der Waals surface area (Å²) in [5.74, 6) is 0.753. The van der Waals surface area contributed by atoms with Crippen molar-refractivity contribution in [3.05, 3.63) is 22.3 Å². The van der Waals surface area contributed by atoms with E-state index in [0.29, 0.717) is 0 Å². The van der Waals surface area contributed by atoms with Crippen molar-refractivity contribution >= 4 is 22.6 Å². The van der Waals surface area contributed by atoms with E-state index in [2.05, 4.69) is 41.3 Å².